The topological polar surface area (TPSA) is 40.6 Å². The van der Waals surface area contributed by atoms with Crippen molar-refractivity contribution in [2.75, 3.05) is 24.6 Å². The van der Waals surface area contributed by atoms with Crippen LogP contribution in [0.25, 0.3) is 0 Å². The minimum absolute atomic E-state index is 0.138. The molecule has 2 amide bonds. The van der Waals surface area contributed by atoms with Gasteiger partial charge < -0.3 is 9.80 Å². The van der Waals surface area contributed by atoms with Crippen molar-refractivity contribution >= 4 is 23.6 Å². The van der Waals surface area contributed by atoms with Gasteiger partial charge in [0.2, 0.25) is 11.8 Å². The number of rotatable bonds is 5. The van der Waals surface area contributed by atoms with E-state index in [0.29, 0.717) is 0 Å². The maximum absolute atomic E-state index is 12.5. The maximum atomic E-state index is 12.5. The summed E-state index contributed by atoms with van der Waals surface area (Å²) in [4.78, 5) is 28.3. The van der Waals surface area contributed by atoms with Gasteiger partial charge in [-0.15, -0.1) is 0 Å². The molecule has 0 spiro atoms. The Kier molecular flexibility index (Phi) is 5.13. The van der Waals surface area contributed by atoms with Crippen molar-refractivity contribution < 1.29 is 9.59 Å². The van der Waals surface area contributed by atoms with Gasteiger partial charge in [0.15, 0.2) is 0 Å². The summed E-state index contributed by atoms with van der Waals surface area (Å²) in [5.41, 5.74) is 0. The van der Waals surface area contributed by atoms with E-state index in [9.17, 15) is 9.59 Å². The molecule has 0 aromatic carbocycles. The lowest BCUT2D eigenvalue weighted by Gasteiger charge is -2.44. The lowest BCUT2D eigenvalue weighted by atomic mass is 9.97. The third kappa shape index (κ3) is 3.25. The molecular formula is C14H24N2O2S. The molecule has 2 rings (SSSR count). The van der Waals surface area contributed by atoms with Crippen molar-refractivity contribution in [3.8, 4) is 0 Å². The van der Waals surface area contributed by atoms with Crippen LogP contribution in [-0.4, -0.2) is 58.3 Å². The van der Waals surface area contributed by atoms with Crippen LogP contribution in [0.15, 0.2) is 0 Å². The van der Waals surface area contributed by atoms with E-state index in [2.05, 4.69) is 13.8 Å². The smallest absolute Gasteiger partial charge is 0.246 e. The van der Waals surface area contributed by atoms with Gasteiger partial charge in [0.1, 0.15) is 12.6 Å². The van der Waals surface area contributed by atoms with Crippen LogP contribution in [0, 0.1) is 0 Å². The van der Waals surface area contributed by atoms with E-state index >= 15 is 0 Å². The van der Waals surface area contributed by atoms with Gasteiger partial charge in [-0.25, -0.2) is 0 Å². The third-order valence-corrected chi connectivity index (χ3v) is 5.05. The predicted molar refractivity (Wildman–Crippen MR) is 78.1 cm³/mol. The number of piperazine rings is 1. The van der Waals surface area contributed by atoms with E-state index in [1.54, 1.807) is 4.90 Å². The molecule has 0 bridgehead atoms. The molecule has 2 atom stereocenters. The summed E-state index contributed by atoms with van der Waals surface area (Å²) in [5, 5.41) is 0. The molecule has 2 unspecified atom stereocenters. The number of amides is 2. The second kappa shape index (κ2) is 6.64. The normalized spacial score (nSPS) is 25.5. The number of hydrogen-bond donors (Lipinski definition) is 0. The van der Waals surface area contributed by atoms with Crippen molar-refractivity contribution in [1.29, 1.82) is 0 Å². The molecule has 0 aromatic heterocycles. The van der Waals surface area contributed by atoms with Crippen molar-refractivity contribution in [2.24, 2.45) is 0 Å². The largest absolute Gasteiger partial charge is 0.329 e. The van der Waals surface area contributed by atoms with Crippen molar-refractivity contribution in [3.05, 3.63) is 0 Å². The summed E-state index contributed by atoms with van der Waals surface area (Å²) < 4.78 is 0. The van der Waals surface area contributed by atoms with Crippen molar-refractivity contribution in [3.63, 3.8) is 0 Å². The van der Waals surface area contributed by atoms with E-state index in [-0.39, 0.29) is 30.4 Å². The van der Waals surface area contributed by atoms with Gasteiger partial charge in [-0.3, -0.25) is 9.59 Å². The highest BCUT2D eigenvalue weighted by atomic mass is 32.2. The van der Waals surface area contributed by atoms with Crippen LogP contribution in [0.4, 0.5) is 0 Å². The summed E-state index contributed by atoms with van der Waals surface area (Å²) >= 11 is 1.89. The Bertz CT molecular complexity index is 348. The van der Waals surface area contributed by atoms with Crippen LogP contribution < -0.4 is 0 Å². The molecule has 2 aliphatic rings. The second-order valence-corrected chi connectivity index (χ2v) is 6.79. The first kappa shape index (κ1) is 14.7. The standard InChI is InChI=1S/C14H24N2O2S/c1-3-19-9-7-11(2)16-10-13(17)15-8-5-4-6-12(15)14(16)18/h11-12H,3-10H2,1-2H3. The van der Waals surface area contributed by atoms with Crippen LogP contribution in [0.3, 0.4) is 0 Å². The monoisotopic (exact) mass is 284 g/mol. The summed E-state index contributed by atoms with van der Waals surface area (Å²) in [6, 6.07) is 0.0101. The molecule has 0 N–H and O–H groups in total. The minimum atomic E-state index is -0.170. The third-order valence-electron chi connectivity index (χ3n) is 4.11. The van der Waals surface area contributed by atoms with Crippen LogP contribution in [-0.2, 0) is 9.59 Å². The molecule has 0 radical (unpaired) electrons. The first-order valence-corrected chi connectivity index (χ1v) is 8.48. The van der Waals surface area contributed by atoms with E-state index in [1.807, 2.05) is 16.7 Å². The molecule has 0 aliphatic carbocycles. The summed E-state index contributed by atoms with van der Waals surface area (Å²) in [6.07, 6.45) is 3.92. The Balaban J connectivity index is 1.97. The second-order valence-electron chi connectivity index (χ2n) is 5.40. The Morgan fingerprint density at radius 2 is 2.16 bits per heavy atom. The predicted octanol–water partition coefficient (Wildman–Crippen LogP) is 1.74. The first-order chi connectivity index (χ1) is 9.15. The zero-order valence-electron chi connectivity index (χ0n) is 11.9. The van der Waals surface area contributed by atoms with Gasteiger partial charge in [-0.1, -0.05) is 6.92 Å². The zero-order chi connectivity index (χ0) is 13.8. The van der Waals surface area contributed by atoms with E-state index < -0.39 is 0 Å². The summed E-state index contributed by atoms with van der Waals surface area (Å²) in [7, 11) is 0. The molecule has 2 heterocycles. The zero-order valence-corrected chi connectivity index (χ0v) is 12.7. The number of carbonyl (C=O) groups is 2. The number of thioether (sulfide) groups is 1. The average molecular weight is 284 g/mol. The number of carbonyl (C=O) groups excluding carboxylic acids is 2. The molecule has 108 valence electrons. The highest BCUT2D eigenvalue weighted by molar-refractivity contribution is 7.99. The number of hydrogen-bond acceptors (Lipinski definition) is 3. The lowest BCUT2D eigenvalue weighted by Crippen LogP contribution is -2.62. The molecule has 2 aliphatic heterocycles. The van der Waals surface area contributed by atoms with Gasteiger partial charge in [-0.2, -0.15) is 11.8 Å². The molecule has 0 saturated carbocycles. The van der Waals surface area contributed by atoms with Gasteiger partial charge in [0.05, 0.1) is 0 Å². The minimum Gasteiger partial charge on any atom is -0.329 e. The van der Waals surface area contributed by atoms with Crippen LogP contribution in [0.1, 0.15) is 39.5 Å². The molecule has 0 aromatic rings. The van der Waals surface area contributed by atoms with E-state index in [1.165, 1.54) is 0 Å². The Morgan fingerprint density at radius 1 is 1.37 bits per heavy atom. The molecule has 2 fully saturated rings. The molecular weight excluding hydrogens is 260 g/mol. The van der Waals surface area contributed by atoms with Crippen LogP contribution in [0.2, 0.25) is 0 Å². The van der Waals surface area contributed by atoms with Gasteiger partial charge >= 0.3 is 0 Å². The van der Waals surface area contributed by atoms with E-state index in [0.717, 1.165) is 43.7 Å². The fourth-order valence-corrected chi connectivity index (χ4v) is 3.72. The quantitative estimate of drug-likeness (QED) is 0.722. The molecule has 2 saturated heterocycles. The highest BCUT2D eigenvalue weighted by Gasteiger charge is 2.41. The highest BCUT2D eigenvalue weighted by Crippen LogP contribution is 2.25. The summed E-state index contributed by atoms with van der Waals surface area (Å²) in [6.45, 7) is 5.27. The van der Waals surface area contributed by atoms with Gasteiger partial charge in [0.25, 0.3) is 0 Å². The molecule has 19 heavy (non-hydrogen) atoms. The van der Waals surface area contributed by atoms with Crippen molar-refractivity contribution in [1.82, 2.24) is 9.80 Å². The SMILES string of the molecule is CCSCCC(C)N1CC(=O)N2CCCCC2C1=O. The lowest BCUT2D eigenvalue weighted by molar-refractivity contribution is -0.159. The Hall–Kier alpha value is -0.710. The average Bonchev–Trinajstić information content (AvgIpc) is 2.43. The number of nitrogens with zero attached hydrogens (tertiary/aromatic N) is 2. The summed E-state index contributed by atoms with van der Waals surface area (Å²) in [5.74, 6) is 2.48. The molecule has 5 heteroatoms. The number of piperidine rings is 1. The van der Waals surface area contributed by atoms with Gasteiger partial charge in [0, 0.05) is 12.6 Å². The Morgan fingerprint density at radius 3 is 2.89 bits per heavy atom. The fraction of sp³-hybridized carbons (Fsp3) is 0.857. The number of fused-ring (bicyclic) bond motifs is 1. The first-order valence-electron chi connectivity index (χ1n) is 7.32. The van der Waals surface area contributed by atoms with Gasteiger partial charge in [-0.05, 0) is 44.1 Å². The molecule has 4 nitrogen and oxygen atoms in total. The maximum Gasteiger partial charge on any atom is 0.246 e. The van der Waals surface area contributed by atoms with Crippen molar-refractivity contribution in [2.45, 2.75) is 51.6 Å². The Labute approximate surface area is 119 Å². The van der Waals surface area contributed by atoms with Crippen LogP contribution in [0.5, 0.6) is 0 Å². The van der Waals surface area contributed by atoms with Crippen LogP contribution >= 0.6 is 11.8 Å². The van der Waals surface area contributed by atoms with E-state index in [4.69, 9.17) is 0 Å². The fourth-order valence-electron chi connectivity index (χ4n) is 2.92.